The first-order chi connectivity index (χ1) is 17.4. The van der Waals surface area contributed by atoms with Crippen LogP contribution in [0.5, 0.6) is 0 Å². The number of anilines is 1. The number of aryl methyl sites for hydroxylation is 1. The number of hydrogen-bond donors (Lipinski definition) is 1. The minimum Gasteiger partial charge on any atom is -0.305 e. The Morgan fingerprint density at radius 3 is 2.47 bits per heavy atom. The highest BCUT2D eigenvalue weighted by Crippen LogP contribution is 2.36. The van der Waals surface area contributed by atoms with Crippen molar-refractivity contribution in [3.05, 3.63) is 83.7 Å². The van der Waals surface area contributed by atoms with Crippen molar-refractivity contribution in [1.29, 1.82) is 0 Å². The summed E-state index contributed by atoms with van der Waals surface area (Å²) in [5.41, 5.74) is 4.32. The van der Waals surface area contributed by atoms with Crippen LogP contribution >= 0.6 is 0 Å². The average molecular weight is 489 g/mol. The standard InChI is InChI=1S/C25H18F3N7O/c26-16-6-4-14(5-7-16)24-23(18-3-1-2-10-34(18)33-24)17-8-9-22-30-21(13-35(22)32-17)31-25(36)15-11-19(27)29-20(28)12-15/h4-9,11-13H,1-3,10H2,(H,31,36). The van der Waals surface area contributed by atoms with Gasteiger partial charge in [-0.2, -0.15) is 24.0 Å². The van der Waals surface area contributed by atoms with Crippen molar-refractivity contribution in [2.75, 3.05) is 5.32 Å². The number of nitrogens with zero attached hydrogens (tertiary/aromatic N) is 6. The molecule has 0 saturated heterocycles. The van der Waals surface area contributed by atoms with Crippen molar-refractivity contribution >= 4 is 17.4 Å². The first-order valence-corrected chi connectivity index (χ1v) is 11.3. The van der Waals surface area contributed by atoms with E-state index in [9.17, 15) is 18.0 Å². The first-order valence-electron chi connectivity index (χ1n) is 11.3. The summed E-state index contributed by atoms with van der Waals surface area (Å²) in [7, 11) is 0. The van der Waals surface area contributed by atoms with Gasteiger partial charge in [0.05, 0.1) is 17.5 Å². The van der Waals surface area contributed by atoms with E-state index in [1.54, 1.807) is 18.2 Å². The number of amides is 1. The molecule has 0 unspecified atom stereocenters. The molecular weight excluding hydrogens is 471 g/mol. The minimum atomic E-state index is -1.09. The second kappa shape index (κ2) is 8.59. The van der Waals surface area contributed by atoms with Gasteiger partial charge in [-0.15, -0.1) is 0 Å². The van der Waals surface area contributed by atoms with Crippen molar-refractivity contribution in [1.82, 2.24) is 29.4 Å². The molecule has 0 saturated carbocycles. The highest BCUT2D eigenvalue weighted by molar-refractivity contribution is 6.03. The lowest BCUT2D eigenvalue weighted by Crippen LogP contribution is -2.13. The smallest absolute Gasteiger partial charge is 0.257 e. The Hall–Kier alpha value is -4.54. The van der Waals surface area contributed by atoms with E-state index in [-0.39, 0.29) is 17.2 Å². The molecule has 5 heterocycles. The molecule has 1 aliphatic rings. The van der Waals surface area contributed by atoms with Gasteiger partial charge in [0.15, 0.2) is 11.5 Å². The molecule has 1 aromatic carbocycles. The van der Waals surface area contributed by atoms with E-state index in [2.05, 4.69) is 15.3 Å². The van der Waals surface area contributed by atoms with Crippen molar-refractivity contribution in [3.63, 3.8) is 0 Å². The number of carbonyl (C=O) groups is 1. The van der Waals surface area contributed by atoms with E-state index in [1.807, 2.05) is 10.7 Å². The highest BCUT2D eigenvalue weighted by Gasteiger charge is 2.24. The van der Waals surface area contributed by atoms with Gasteiger partial charge in [-0.3, -0.25) is 9.48 Å². The van der Waals surface area contributed by atoms with Crippen molar-refractivity contribution in [2.24, 2.45) is 0 Å². The number of hydrogen-bond acceptors (Lipinski definition) is 5. The molecule has 1 N–H and O–H groups in total. The summed E-state index contributed by atoms with van der Waals surface area (Å²) in [5.74, 6) is -3.08. The Morgan fingerprint density at radius 2 is 1.69 bits per heavy atom. The second-order valence-corrected chi connectivity index (χ2v) is 8.46. The molecule has 1 aliphatic heterocycles. The molecule has 6 rings (SSSR count). The van der Waals surface area contributed by atoms with E-state index in [0.29, 0.717) is 17.0 Å². The number of halogens is 3. The fourth-order valence-corrected chi connectivity index (χ4v) is 4.43. The molecule has 0 aliphatic carbocycles. The van der Waals surface area contributed by atoms with Crippen LogP contribution in [-0.2, 0) is 13.0 Å². The van der Waals surface area contributed by atoms with Crippen LogP contribution in [0.3, 0.4) is 0 Å². The lowest BCUT2D eigenvalue weighted by Gasteiger charge is -2.14. The fourth-order valence-electron chi connectivity index (χ4n) is 4.43. The molecule has 1 amide bonds. The Bertz CT molecular complexity index is 1600. The molecule has 0 radical (unpaired) electrons. The summed E-state index contributed by atoms with van der Waals surface area (Å²) >= 11 is 0. The summed E-state index contributed by atoms with van der Waals surface area (Å²) < 4.78 is 43.8. The zero-order valence-electron chi connectivity index (χ0n) is 18.8. The third-order valence-electron chi connectivity index (χ3n) is 6.05. The quantitative estimate of drug-likeness (QED) is 0.371. The van der Waals surface area contributed by atoms with Gasteiger partial charge in [0, 0.05) is 35.5 Å². The van der Waals surface area contributed by atoms with Gasteiger partial charge in [0.2, 0.25) is 11.9 Å². The lowest BCUT2D eigenvalue weighted by molar-refractivity contribution is 0.102. The highest BCUT2D eigenvalue weighted by atomic mass is 19.1. The van der Waals surface area contributed by atoms with E-state index in [4.69, 9.17) is 10.2 Å². The Kier molecular flexibility index (Phi) is 5.24. The summed E-state index contributed by atoms with van der Waals surface area (Å²) in [6.07, 6.45) is 4.41. The van der Waals surface area contributed by atoms with Gasteiger partial charge in [-0.25, -0.2) is 13.9 Å². The fraction of sp³-hybridized carbons (Fsp3) is 0.160. The number of pyridine rings is 1. The van der Waals surface area contributed by atoms with Gasteiger partial charge in [-0.05, 0) is 55.7 Å². The molecule has 0 atom stereocenters. The molecule has 0 bridgehead atoms. The molecule has 36 heavy (non-hydrogen) atoms. The number of fused-ring (bicyclic) bond motifs is 2. The van der Waals surface area contributed by atoms with Gasteiger partial charge in [-0.1, -0.05) is 0 Å². The van der Waals surface area contributed by atoms with E-state index >= 15 is 0 Å². The SMILES string of the molecule is O=C(Nc1cn2nc(-c3c(-c4ccc(F)cc4)nn4c3CCCC4)ccc2n1)c1cc(F)nc(F)c1. The minimum absolute atomic E-state index is 0.165. The normalized spacial score (nSPS) is 13.1. The van der Waals surface area contributed by atoms with Gasteiger partial charge < -0.3 is 5.32 Å². The van der Waals surface area contributed by atoms with Gasteiger partial charge in [0.25, 0.3) is 5.91 Å². The summed E-state index contributed by atoms with van der Waals surface area (Å²) in [4.78, 5) is 19.8. The topological polar surface area (TPSA) is 90.0 Å². The predicted molar refractivity (Wildman–Crippen MR) is 125 cm³/mol. The van der Waals surface area contributed by atoms with Crippen LogP contribution in [0.25, 0.3) is 28.2 Å². The number of nitrogens with one attached hydrogen (secondary N) is 1. The third-order valence-corrected chi connectivity index (χ3v) is 6.05. The number of carbonyl (C=O) groups excluding carboxylic acids is 1. The van der Waals surface area contributed by atoms with Crippen LogP contribution in [0.15, 0.2) is 54.7 Å². The zero-order chi connectivity index (χ0) is 24.8. The zero-order valence-corrected chi connectivity index (χ0v) is 18.8. The van der Waals surface area contributed by atoms with Crippen LogP contribution in [0.2, 0.25) is 0 Å². The van der Waals surface area contributed by atoms with Crippen LogP contribution in [0.4, 0.5) is 19.0 Å². The number of aromatic nitrogens is 6. The van der Waals surface area contributed by atoms with Crippen LogP contribution in [0, 0.1) is 17.7 Å². The predicted octanol–water partition coefficient (Wildman–Crippen LogP) is 4.66. The maximum atomic E-state index is 13.5. The second-order valence-electron chi connectivity index (χ2n) is 8.46. The number of imidazole rings is 1. The van der Waals surface area contributed by atoms with Crippen molar-refractivity contribution < 1.29 is 18.0 Å². The summed E-state index contributed by atoms with van der Waals surface area (Å²) in [6, 6.07) is 11.4. The van der Waals surface area contributed by atoms with Gasteiger partial charge in [0.1, 0.15) is 11.5 Å². The molecule has 5 aromatic rings. The summed E-state index contributed by atoms with van der Waals surface area (Å²) in [6.45, 7) is 0.795. The van der Waals surface area contributed by atoms with Crippen LogP contribution in [0.1, 0.15) is 28.9 Å². The maximum absolute atomic E-state index is 13.5. The number of benzene rings is 1. The van der Waals surface area contributed by atoms with Crippen LogP contribution < -0.4 is 5.32 Å². The monoisotopic (exact) mass is 489 g/mol. The largest absolute Gasteiger partial charge is 0.305 e. The Labute approximate surface area is 202 Å². The third kappa shape index (κ3) is 3.98. The summed E-state index contributed by atoms with van der Waals surface area (Å²) in [5, 5.41) is 12.0. The molecule has 4 aromatic heterocycles. The van der Waals surface area contributed by atoms with Crippen LogP contribution in [-0.4, -0.2) is 35.3 Å². The molecule has 180 valence electrons. The molecular formula is C25H18F3N7O. The first kappa shape index (κ1) is 22.0. The molecule has 0 fully saturated rings. The molecule has 8 nitrogen and oxygen atoms in total. The lowest BCUT2D eigenvalue weighted by atomic mass is 9.99. The van der Waals surface area contributed by atoms with Crippen molar-refractivity contribution in [3.8, 4) is 22.5 Å². The van der Waals surface area contributed by atoms with E-state index in [1.165, 1.54) is 22.8 Å². The van der Waals surface area contributed by atoms with E-state index < -0.39 is 17.8 Å². The average Bonchev–Trinajstić information content (AvgIpc) is 3.44. The maximum Gasteiger partial charge on any atom is 0.257 e. The Balaban J connectivity index is 1.38. The van der Waals surface area contributed by atoms with Gasteiger partial charge >= 0.3 is 0 Å². The number of rotatable bonds is 4. The molecule has 11 heteroatoms. The van der Waals surface area contributed by atoms with E-state index in [0.717, 1.165) is 54.8 Å². The molecule has 0 spiro atoms. The van der Waals surface area contributed by atoms with Crippen molar-refractivity contribution in [2.45, 2.75) is 25.8 Å². The Morgan fingerprint density at radius 1 is 0.917 bits per heavy atom.